The van der Waals surface area contributed by atoms with E-state index in [9.17, 15) is 19.2 Å². The summed E-state index contributed by atoms with van der Waals surface area (Å²) in [6.07, 6.45) is 0.962. The molecule has 0 bridgehead atoms. The Morgan fingerprint density at radius 2 is 2.00 bits per heavy atom. The third kappa shape index (κ3) is 5.25. The lowest BCUT2D eigenvalue weighted by Gasteiger charge is -2.22. The second kappa shape index (κ2) is 10.1. The highest BCUT2D eigenvalue weighted by atomic mass is 16.5. The number of nitrogens with one attached hydrogen (secondary N) is 2. The number of aromatic nitrogens is 2. The zero-order chi connectivity index (χ0) is 24.1. The SMILES string of the molecule is CCCCn1c(N)c(N(C)Cc2cc(=O)oc3cc(NC(=O)OCC)ccc23)c(=O)[nH]c1=O. The normalized spacial score (nSPS) is 10.9. The van der Waals surface area contributed by atoms with Crippen LogP contribution in [-0.4, -0.2) is 29.3 Å². The number of nitrogens with zero attached hydrogens (tertiary/aromatic N) is 2. The van der Waals surface area contributed by atoms with Crippen molar-refractivity contribution in [3.8, 4) is 0 Å². The molecule has 3 aromatic rings. The minimum Gasteiger partial charge on any atom is -0.450 e. The van der Waals surface area contributed by atoms with E-state index in [1.165, 1.54) is 16.7 Å². The number of nitrogens with two attached hydrogens (primary N) is 1. The molecule has 11 nitrogen and oxygen atoms in total. The molecule has 3 rings (SSSR count). The molecule has 11 heteroatoms. The Bertz CT molecular complexity index is 1340. The van der Waals surface area contributed by atoms with E-state index in [2.05, 4.69) is 10.3 Å². The van der Waals surface area contributed by atoms with Crippen LogP contribution in [0.2, 0.25) is 0 Å². The van der Waals surface area contributed by atoms with Gasteiger partial charge in [-0.15, -0.1) is 0 Å². The largest absolute Gasteiger partial charge is 0.450 e. The predicted molar refractivity (Wildman–Crippen MR) is 126 cm³/mol. The third-order valence-corrected chi connectivity index (χ3v) is 5.09. The molecule has 0 aliphatic heterocycles. The summed E-state index contributed by atoms with van der Waals surface area (Å²) in [5, 5.41) is 3.17. The molecule has 2 aromatic heterocycles. The molecule has 0 fully saturated rings. The fourth-order valence-electron chi connectivity index (χ4n) is 3.54. The van der Waals surface area contributed by atoms with Crippen LogP contribution in [0.5, 0.6) is 0 Å². The molecule has 33 heavy (non-hydrogen) atoms. The lowest BCUT2D eigenvalue weighted by molar-refractivity contribution is 0.168. The minimum atomic E-state index is -0.622. The van der Waals surface area contributed by atoms with Crippen LogP contribution in [-0.2, 0) is 17.8 Å². The van der Waals surface area contributed by atoms with Crippen LogP contribution >= 0.6 is 0 Å². The maximum absolute atomic E-state index is 12.5. The number of benzene rings is 1. The Balaban J connectivity index is 1.98. The maximum Gasteiger partial charge on any atom is 0.411 e. The van der Waals surface area contributed by atoms with Gasteiger partial charge in [0.15, 0.2) is 0 Å². The van der Waals surface area contributed by atoms with Crippen LogP contribution in [0, 0.1) is 0 Å². The molecule has 176 valence electrons. The number of nitrogen functional groups attached to an aromatic ring is 1. The number of unbranched alkanes of at least 4 members (excludes halogenated alkanes) is 1. The van der Waals surface area contributed by atoms with E-state index in [4.69, 9.17) is 14.9 Å². The van der Waals surface area contributed by atoms with Gasteiger partial charge in [0.1, 0.15) is 17.1 Å². The molecule has 0 unspecified atom stereocenters. The second-order valence-corrected chi connectivity index (χ2v) is 7.50. The summed E-state index contributed by atoms with van der Waals surface area (Å²) in [6, 6.07) is 6.19. The number of H-pyrrole nitrogens is 1. The Morgan fingerprint density at radius 1 is 1.24 bits per heavy atom. The van der Waals surface area contributed by atoms with Gasteiger partial charge in [-0.2, -0.15) is 0 Å². The van der Waals surface area contributed by atoms with Gasteiger partial charge in [0.05, 0.1) is 6.61 Å². The van der Waals surface area contributed by atoms with Crippen molar-refractivity contribution in [3.63, 3.8) is 0 Å². The molecular weight excluding hydrogens is 430 g/mol. The van der Waals surface area contributed by atoms with Gasteiger partial charge in [0, 0.05) is 43.3 Å². The highest BCUT2D eigenvalue weighted by molar-refractivity contribution is 5.90. The number of carbonyl (C=O) groups is 1. The number of amides is 1. The number of carbonyl (C=O) groups excluding carboxylic acids is 1. The molecule has 1 aromatic carbocycles. The Hall–Kier alpha value is -4.02. The average molecular weight is 457 g/mol. The molecule has 0 aliphatic carbocycles. The molecule has 0 spiro atoms. The summed E-state index contributed by atoms with van der Waals surface area (Å²) in [5.41, 5.74) is 5.80. The highest BCUT2D eigenvalue weighted by Crippen LogP contribution is 2.24. The number of anilines is 3. The van der Waals surface area contributed by atoms with Crippen molar-refractivity contribution in [2.45, 2.75) is 39.8 Å². The summed E-state index contributed by atoms with van der Waals surface area (Å²) in [5.74, 6) is 0.0629. The van der Waals surface area contributed by atoms with E-state index >= 15 is 0 Å². The number of ether oxygens (including phenoxy) is 1. The van der Waals surface area contributed by atoms with Crippen LogP contribution in [0.25, 0.3) is 11.0 Å². The smallest absolute Gasteiger partial charge is 0.411 e. The maximum atomic E-state index is 12.5. The number of hydrogen-bond acceptors (Lipinski definition) is 8. The Kier molecular flexibility index (Phi) is 7.21. The molecule has 0 saturated heterocycles. The fourth-order valence-corrected chi connectivity index (χ4v) is 3.54. The molecule has 0 radical (unpaired) electrons. The zero-order valence-electron chi connectivity index (χ0n) is 18.8. The van der Waals surface area contributed by atoms with Gasteiger partial charge < -0.3 is 19.8 Å². The van der Waals surface area contributed by atoms with E-state index in [1.54, 1.807) is 31.0 Å². The molecular formula is C22H27N5O6. The molecule has 0 saturated carbocycles. The quantitative estimate of drug-likeness (QED) is 0.435. The topological polar surface area (TPSA) is 153 Å². The number of fused-ring (bicyclic) bond motifs is 1. The third-order valence-electron chi connectivity index (χ3n) is 5.09. The molecule has 4 N–H and O–H groups in total. The summed E-state index contributed by atoms with van der Waals surface area (Å²) in [6.45, 7) is 4.42. The molecule has 1 amide bonds. The van der Waals surface area contributed by atoms with Crippen molar-refractivity contribution in [2.24, 2.45) is 0 Å². The van der Waals surface area contributed by atoms with Gasteiger partial charge in [0.2, 0.25) is 0 Å². The molecule has 0 aliphatic rings. The van der Waals surface area contributed by atoms with Crippen molar-refractivity contribution in [3.05, 3.63) is 61.1 Å². The van der Waals surface area contributed by atoms with E-state index in [-0.39, 0.29) is 30.2 Å². The zero-order valence-corrected chi connectivity index (χ0v) is 18.8. The predicted octanol–water partition coefficient (Wildman–Crippen LogP) is 2.23. The second-order valence-electron chi connectivity index (χ2n) is 7.50. The van der Waals surface area contributed by atoms with Gasteiger partial charge >= 0.3 is 17.4 Å². The minimum absolute atomic E-state index is 0.0629. The van der Waals surface area contributed by atoms with Gasteiger partial charge in [-0.05, 0) is 31.0 Å². The van der Waals surface area contributed by atoms with Gasteiger partial charge in [0.25, 0.3) is 5.56 Å². The highest BCUT2D eigenvalue weighted by Gasteiger charge is 2.18. The summed E-state index contributed by atoms with van der Waals surface area (Å²) in [7, 11) is 1.65. The lowest BCUT2D eigenvalue weighted by Crippen LogP contribution is -2.37. The number of aromatic amines is 1. The van der Waals surface area contributed by atoms with E-state index < -0.39 is 23.0 Å². The van der Waals surface area contributed by atoms with Gasteiger partial charge in [-0.3, -0.25) is 19.7 Å². The Morgan fingerprint density at radius 3 is 2.70 bits per heavy atom. The van der Waals surface area contributed by atoms with Crippen molar-refractivity contribution in [1.29, 1.82) is 0 Å². The van der Waals surface area contributed by atoms with E-state index in [1.807, 2.05) is 6.92 Å². The van der Waals surface area contributed by atoms with E-state index in [0.717, 1.165) is 12.8 Å². The van der Waals surface area contributed by atoms with Crippen LogP contribution in [0.15, 0.2) is 43.1 Å². The first-order chi connectivity index (χ1) is 15.7. The number of hydrogen-bond donors (Lipinski definition) is 3. The van der Waals surface area contributed by atoms with Gasteiger partial charge in [-0.1, -0.05) is 13.3 Å². The first-order valence-electron chi connectivity index (χ1n) is 10.6. The van der Waals surface area contributed by atoms with Crippen LogP contribution in [0.1, 0.15) is 32.3 Å². The lowest BCUT2D eigenvalue weighted by atomic mass is 10.1. The first kappa shape index (κ1) is 23.6. The average Bonchev–Trinajstić information content (AvgIpc) is 2.73. The summed E-state index contributed by atoms with van der Waals surface area (Å²) in [4.78, 5) is 52.4. The van der Waals surface area contributed by atoms with Crippen molar-refractivity contribution < 1.29 is 13.9 Å². The van der Waals surface area contributed by atoms with Crippen molar-refractivity contribution in [1.82, 2.24) is 9.55 Å². The van der Waals surface area contributed by atoms with E-state index in [0.29, 0.717) is 23.2 Å². The summed E-state index contributed by atoms with van der Waals surface area (Å²) >= 11 is 0. The standard InChI is InChI=1S/C22H27N5O6/c1-4-6-9-27-19(23)18(20(29)25-21(27)30)26(3)12-13-10-17(28)33-16-11-14(7-8-15(13)16)24-22(31)32-5-2/h7-8,10-11H,4-6,9,12,23H2,1-3H3,(H,24,31)(H,25,29,30). The van der Waals surface area contributed by atoms with Crippen molar-refractivity contribution >= 4 is 34.3 Å². The Labute approximate surface area is 188 Å². The fraction of sp³-hybridized carbons (Fsp3) is 0.364. The number of rotatable bonds is 8. The monoisotopic (exact) mass is 457 g/mol. The van der Waals surface area contributed by atoms with Crippen LogP contribution < -0.4 is 32.8 Å². The van der Waals surface area contributed by atoms with Crippen molar-refractivity contribution in [2.75, 3.05) is 29.6 Å². The molecule has 2 heterocycles. The van der Waals surface area contributed by atoms with Gasteiger partial charge in [-0.25, -0.2) is 14.4 Å². The first-order valence-corrected chi connectivity index (χ1v) is 10.6. The summed E-state index contributed by atoms with van der Waals surface area (Å²) < 4.78 is 11.5. The van der Waals surface area contributed by atoms with Crippen LogP contribution in [0.3, 0.4) is 0 Å². The molecule has 0 atom stereocenters. The van der Waals surface area contributed by atoms with Crippen LogP contribution in [0.4, 0.5) is 22.0 Å².